The van der Waals surface area contributed by atoms with Crippen LogP contribution in [0.5, 0.6) is 11.5 Å². The summed E-state index contributed by atoms with van der Waals surface area (Å²) in [4.78, 5) is 36.7. The molecule has 3 rings (SSSR count). The summed E-state index contributed by atoms with van der Waals surface area (Å²) < 4.78 is 10.6. The number of amides is 2. The Labute approximate surface area is 191 Å². The minimum Gasteiger partial charge on any atom is -0.497 e. The first kappa shape index (κ1) is 23.2. The lowest BCUT2D eigenvalue weighted by atomic mass is 10.1. The Morgan fingerprint density at radius 3 is 2.33 bits per heavy atom. The lowest BCUT2D eigenvalue weighted by Gasteiger charge is -2.08. The van der Waals surface area contributed by atoms with E-state index in [0.717, 1.165) is 11.1 Å². The normalized spacial score (nSPS) is 10.5. The summed E-state index contributed by atoms with van der Waals surface area (Å²) >= 11 is 0. The number of ether oxygens (including phenoxy) is 2. The molecule has 0 aromatic heterocycles. The highest BCUT2D eigenvalue weighted by atomic mass is 16.5. The Bertz CT molecular complexity index is 1200. The molecule has 0 fully saturated rings. The SMILES string of the molecule is COc1cccc(C(=O)Oc2ccccc2C=NNC(=O)C(=O)Nc2cc(C)cc(C)c2)c1. The number of hydrazone groups is 1. The van der Waals surface area contributed by atoms with Crippen LogP contribution in [-0.4, -0.2) is 31.1 Å². The zero-order valence-corrected chi connectivity index (χ0v) is 18.4. The van der Waals surface area contributed by atoms with Crippen molar-refractivity contribution < 1.29 is 23.9 Å². The quantitative estimate of drug-likeness (QED) is 0.198. The fraction of sp³-hybridized carbons (Fsp3) is 0.120. The van der Waals surface area contributed by atoms with Crippen molar-refractivity contribution in [2.24, 2.45) is 5.10 Å². The van der Waals surface area contributed by atoms with Crippen LogP contribution in [0.3, 0.4) is 0 Å². The van der Waals surface area contributed by atoms with E-state index >= 15 is 0 Å². The highest BCUT2D eigenvalue weighted by molar-refractivity contribution is 6.39. The van der Waals surface area contributed by atoms with E-state index in [1.807, 2.05) is 19.9 Å². The molecule has 0 aliphatic heterocycles. The molecule has 0 spiro atoms. The average Bonchev–Trinajstić information content (AvgIpc) is 2.79. The first-order valence-electron chi connectivity index (χ1n) is 10.0. The van der Waals surface area contributed by atoms with Gasteiger partial charge in [0.2, 0.25) is 0 Å². The van der Waals surface area contributed by atoms with Crippen molar-refractivity contribution in [3.05, 3.63) is 89.0 Å². The molecule has 0 bridgehead atoms. The number of carbonyl (C=O) groups excluding carboxylic acids is 3. The van der Waals surface area contributed by atoms with Crippen LogP contribution in [0.4, 0.5) is 5.69 Å². The van der Waals surface area contributed by atoms with Gasteiger partial charge in [0.05, 0.1) is 18.9 Å². The van der Waals surface area contributed by atoms with E-state index in [1.165, 1.54) is 13.3 Å². The second kappa shape index (κ2) is 10.7. The number of para-hydroxylation sites is 1. The van der Waals surface area contributed by atoms with Gasteiger partial charge in [-0.2, -0.15) is 5.10 Å². The average molecular weight is 445 g/mol. The molecule has 8 nitrogen and oxygen atoms in total. The predicted molar refractivity (Wildman–Crippen MR) is 125 cm³/mol. The van der Waals surface area contributed by atoms with Gasteiger partial charge in [0.25, 0.3) is 0 Å². The molecule has 0 heterocycles. The Morgan fingerprint density at radius 2 is 1.61 bits per heavy atom. The minimum atomic E-state index is -0.934. The summed E-state index contributed by atoms with van der Waals surface area (Å²) in [6.45, 7) is 3.79. The zero-order valence-electron chi connectivity index (χ0n) is 18.4. The number of anilines is 1. The molecule has 0 aliphatic carbocycles. The molecular formula is C25H23N3O5. The number of hydrogen-bond donors (Lipinski definition) is 2. The van der Waals surface area contributed by atoms with Gasteiger partial charge in [-0.15, -0.1) is 0 Å². The second-order valence-corrected chi connectivity index (χ2v) is 7.19. The number of carbonyl (C=O) groups is 3. The van der Waals surface area contributed by atoms with Crippen LogP contribution in [0.25, 0.3) is 0 Å². The van der Waals surface area contributed by atoms with Crippen LogP contribution in [-0.2, 0) is 9.59 Å². The molecule has 0 radical (unpaired) electrons. The molecule has 2 amide bonds. The highest BCUT2D eigenvalue weighted by Crippen LogP contribution is 2.19. The fourth-order valence-corrected chi connectivity index (χ4v) is 3.03. The molecule has 2 N–H and O–H groups in total. The number of aryl methyl sites for hydroxylation is 2. The summed E-state index contributed by atoms with van der Waals surface area (Å²) in [7, 11) is 1.51. The summed E-state index contributed by atoms with van der Waals surface area (Å²) in [5, 5.41) is 6.34. The topological polar surface area (TPSA) is 106 Å². The van der Waals surface area contributed by atoms with E-state index in [-0.39, 0.29) is 5.75 Å². The lowest BCUT2D eigenvalue weighted by Crippen LogP contribution is -2.32. The van der Waals surface area contributed by atoms with E-state index in [1.54, 1.807) is 60.7 Å². The smallest absolute Gasteiger partial charge is 0.343 e. The number of nitrogens with one attached hydrogen (secondary N) is 2. The summed E-state index contributed by atoms with van der Waals surface area (Å²) in [6.07, 6.45) is 1.29. The van der Waals surface area contributed by atoms with Gasteiger partial charge in [-0.25, -0.2) is 10.2 Å². The van der Waals surface area contributed by atoms with Crippen LogP contribution in [0, 0.1) is 13.8 Å². The molecule has 0 atom stereocenters. The van der Waals surface area contributed by atoms with Gasteiger partial charge in [0.1, 0.15) is 11.5 Å². The van der Waals surface area contributed by atoms with Crippen molar-refractivity contribution in [3.63, 3.8) is 0 Å². The van der Waals surface area contributed by atoms with E-state index in [0.29, 0.717) is 22.6 Å². The largest absolute Gasteiger partial charge is 0.497 e. The Morgan fingerprint density at radius 1 is 0.879 bits per heavy atom. The maximum absolute atomic E-state index is 12.5. The van der Waals surface area contributed by atoms with Gasteiger partial charge in [-0.3, -0.25) is 9.59 Å². The minimum absolute atomic E-state index is 0.239. The molecule has 0 aliphatic rings. The van der Waals surface area contributed by atoms with Crippen LogP contribution in [0.15, 0.2) is 71.8 Å². The third kappa shape index (κ3) is 6.51. The van der Waals surface area contributed by atoms with Gasteiger partial charge in [0.15, 0.2) is 0 Å². The monoisotopic (exact) mass is 445 g/mol. The zero-order chi connectivity index (χ0) is 23.8. The molecule has 3 aromatic rings. The van der Waals surface area contributed by atoms with Gasteiger partial charge < -0.3 is 14.8 Å². The third-order valence-corrected chi connectivity index (χ3v) is 4.48. The van der Waals surface area contributed by atoms with Crippen LogP contribution in [0.1, 0.15) is 27.0 Å². The van der Waals surface area contributed by atoms with Crippen molar-refractivity contribution in [1.29, 1.82) is 0 Å². The van der Waals surface area contributed by atoms with Crippen LogP contribution < -0.4 is 20.2 Å². The van der Waals surface area contributed by atoms with Crippen LogP contribution in [0.2, 0.25) is 0 Å². The number of rotatable bonds is 6. The van der Waals surface area contributed by atoms with E-state index < -0.39 is 17.8 Å². The second-order valence-electron chi connectivity index (χ2n) is 7.19. The van der Waals surface area contributed by atoms with E-state index in [9.17, 15) is 14.4 Å². The van der Waals surface area contributed by atoms with Crippen LogP contribution >= 0.6 is 0 Å². The molecule has 0 saturated heterocycles. The predicted octanol–water partition coefficient (Wildman–Crippen LogP) is 3.62. The lowest BCUT2D eigenvalue weighted by molar-refractivity contribution is -0.136. The van der Waals surface area contributed by atoms with E-state index in [4.69, 9.17) is 9.47 Å². The van der Waals surface area contributed by atoms with Crippen molar-refractivity contribution in [1.82, 2.24) is 5.43 Å². The summed E-state index contributed by atoms with van der Waals surface area (Å²) in [5.41, 5.74) is 5.36. The van der Waals surface area contributed by atoms with Gasteiger partial charge >= 0.3 is 17.8 Å². The fourth-order valence-electron chi connectivity index (χ4n) is 3.03. The van der Waals surface area contributed by atoms with Crippen molar-refractivity contribution in [2.75, 3.05) is 12.4 Å². The number of hydrogen-bond acceptors (Lipinski definition) is 6. The Hall–Kier alpha value is -4.46. The molecule has 168 valence electrons. The molecular weight excluding hydrogens is 422 g/mol. The number of methoxy groups -OCH3 is 1. The maximum atomic E-state index is 12.5. The van der Waals surface area contributed by atoms with Gasteiger partial charge in [-0.05, 0) is 67.4 Å². The van der Waals surface area contributed by atoms with Gasteiger partial charge in [0, 0.05) is 11.3 Å². The first-order valence-corrected chi connectivity index (χ1v) is 10.0. The van der Waals surface area contributed by atoms with E-state index in [2.05, 4.69) is 15.8 Å². The maximum Gasteiger partial charge on any atom is 0.343 e. The first-order chi connectivity index (χ1) is 15.9. The number of esters is 1. The standard InChI is InChI=1S/C25H23N3O5/c1-16-11-17(2)13-20(12-16)27-23(29)24(30)28-26-15-19-7-4-5-10-22(19)33-25(31)18-8-6-9-21(14-18)32-3/h4-15H,1-3H3,(H,27,29)(H,28,30). The Balaban J connectivity index is 1.63. The molecule has 0 unspecified atom stereocenters. The third-order valence-electron chi connectivity index (χ3n) is 4.48. The Kier molecular flexibility index (Phi) is 7.54. The molecule has 8 heteroatoms. The summed E-state index contributed by atoms with van der Waals surface area (Å²) in [6, 6.07) is 18.7. The molecule has 0 saturated carbocycles. The van der Waals surface area contributed by atoms with Crippen molar-refractivity contribution in [2.45, 2.75) is 13.8 Å². The number of benzene rings is 3. The molecule has 3 aromatic carbocycles. The van der Waals surface area contributed by atoms with Crippen molar-refractivity contribution in [3.8, 4) is 11.5 Å². The van der Waals surface area contributed by atoms with Gasteiger partial charge in [-0.1, -0.05) is 24.3 Å². The number of nitrogens with zero attached hydrogens (tertiary/aromatic N) is 1. The summed E-state index contributed by atoms with van der Waals surface area (Å²) in [5.74, 6) is -1.60. The highest BCUT2D eigenvalue weighted by Gasteiger charge is 2.14. The van der Waals surface area contributed by atoms with Crippen molar-refractivity contribution >= 4 is 29.7 Å². The molecule has 33 heavy (non-hydrogen) atoms.